The van der Waals surface area contributed by atoms with Crippen molar-refractivity contribution in [3.05, 3.63) is 45.0 Å². The maximum Gasteiger partial charge on any atom is 0.263 e. The Hall–Kier alpha value is -1.41. The van der Waals surface area contributed by atoms with Gasteiger partial charge < -0.3 is 5.32 Å². The minimum atomic E-state index is -0.232. The number of carbonyl (C=O) groups excluding carboxylic acids is 1. The van der Waals surface area contributed by atoms with Gasteiger partial charge in [0.25, 0.3) is 5.91 Å². The van der Waals surface area contributed by atoms with Gasteiger partial charge in [0.1, 0.15) is 10.0 Å². The highest BCUT2D eigenvalue weighted by Gasteiger charge is 2.22. The largest absolute Gasteiger partial charge is 0.307 e. The van der Waals surface area contributed by atoms with Crippen LogP contribution in [0.2, 0.25) is 10.0 Å². The van der Waals surface area contributed by atoms with Gasteiger partial charge >= 0.3 is 0 Å². The molecule has 9 heteroatoms. The molecular formula is C12H6Cl2N4OS2. The fraction of sp³-hybridized carbons (Fsp3) is 0. The van der Waals surface area contributed by atoms with Crippen molar-refractivity contribution in [3.8, 4) is 5.69 Å². The van der Waals surface area contributed by atoms with Crippen molar-refractivity contribution in [2.24, 2.45) is 0 Å². The summed E-state index contributed by atoms with van der Waals surface area (Å²) in [5.74, 6) is -0.232. The number of nitrogens with zero attached hydrogens (tertiary/aromatic N) is 3. The van der Waals surface area contributed by atoms with Crippen molar-refractivity contribution in [3.63, 3.8) is 0 Å². The van der Waals surface area contributed by atoms with Crippen LogP contribution in [-0.4, -0.2) is 25.2 Å². The van der Waals surface area contributed by atoms with Gasteiger partial charge in [0.05, 0.1) is 21.8 Å². The highest BCUT2D eigenvalue weighted by molar-refractivity contribution is 8.26. The summed E-state index contributed by atoms with van der Waals surface area (Å²) in [5.41, 5.74) is 1.18. The van der Waals surface area contributed by atoms with E-state index in [-0.39, 0.29) is 5.91 Å². The Morgan fingerprint density at radius 1 is 1.38 bits per heavy atom. The summed E-state index contributed by atoms with van der Waals surface area (Å²) in [7, 11) is 0. The number of carbonyl (C=O) groups is 1. The third-order valence-electron chi connectivity index (χ3n) is 2.59. The Labute approximate surface area is 139 Å². The van der Waals surface area contributed by atoms with Crippen molar-refractivity contribution in [1.29, 1.82) is 0 Å². The lowest BCUT2D eigenvalue weighted by Gasteiger charge is -2.02. The first kappa shape index (κ1) is 14.5. The molecule has 0 spiro atoms. The summed E-state index contributed by atoms with van der Waals surface area (Å²) in [6.45, 7) is 0. The molecule has 106 valence electrons. The molecule has 0 aliphatic carbocycles. The van der Waals surface area contributed by atoms with Crippen molar-refractivity contribution in [1.82, 2.24) is 20.3 Å². The SMILES string of the molecule is O=C1NC(=S)S/C1=C\c1cn(-c2ccc(Cl)cc2Cl)nn1. The van der Waals surface area contributed by atoms with E-state index in [2.05, 4.69) is 15.6 Å². The van der Waals surface area contributed by atoms with Crippen LogP contribution in [0.4, 0.5) is 0 Å². The predicted octanol–water partition coefficient (Wildman–Crippen LogP) is 3.06. The van der Waals surface area contributed by atoms with Crippen LogP contribution < -0.4 is 5.32 Å². The third kappa shape index (κ3) is 3.11. The van der Waals surface area contributed by atoms with E-state index in [0.717, 1.165) is 0 Å². The predicted molar refractivity (Wildman–Crippen MR) is 87.7 cm³/mol. The molecule has 1 aliphatic rings. The van der Waals surface area contributed by atoms with Gasteiger partial charge in [-0.1, -0.05) is 52.4 Å². The van der Waals surface area contributed by atoms with E-state index in [1.807, 2.05) is 0 Å². The van der Waals surface area contributed by atoms with Gasteiger partial charge in [-0.05, 0) is 24.3 Å². The first-order valence-electron chi connectivity index (χ1n) is 5.65. The quantitative estimate of drug-likeness (QED) is 0.661. The van der Waals surface area contributed by atoms with Crippen LogP contribution in [0.25, 0.3) is 11.8 Å². The van der Waals surface area contributed by atoms with Crippen LogP contribution >= 0.6 is 47.2 Å². The molecule has 1 aliphatic heterocycles. The van der Waals surface area contributed by atoms with E-state index < -0.39 is 0 Å². The number of thiocarbonyl (C=S) groups is 1. The molecule has 2 aromatic rings. The van der Waals surface area contributed by atoms with Crippen molar-refractivity contribution >= 4 is 63.5 Å². The van der Waals surface area contributed by atoms with Gasteiger partial charge in [-0.25, -0.2) is 4.68 Å². The number of amides is 1. The van der Waals surface area contributed by atoms with Crippen LogP contribution in [0.15, 0.2) is 29.3 Å². The molecule has 0 radical (unpaired) electrons. The van der Waals surface area contributed by atoms with E-state index in [0.29, 0.717) is 30.7 Å². The van der Waals surface area contributed by atoms with Crippen LogP contribution in [0.3, 0.4) is 0 Å². The maximum atomic E-state index is 11.6. The molecule has 1 amide bonds. The lowest BCUT2D eigenvalue weighted by atomic mass is 10.3. The number of nitrogens with one attached hydrogen (secondary N) is 1. The average Bonchev–Trinajstić information content (AvgIpc) is 2.97. The second-order valence-electron chi connectivity index (χ2n) is 4.04. The van der Waals surface area contributed by atoms with Gasteiger partial charge in [0.2, 0.25) is 0 Å². The van der Waals surface area contributed by atoms with E-state index in [9.17, 15) is 4.79 Å². The Morgan fingerprint density at radius 3 is 2.86 bits per heavy atom. The van der Waals surface area contributed by atoms with Gasteiger partial charge in [0.15, 0.2) is 0 Å². The molecule has 21 heavy (non-hydrogen) atoms. The fourth-order valence-corrected chi connectivity index (χ4v) is 3.21. The summed E-state index contributed by atoms with van der Waals surface area (Å²) in [6, 6.07) is 5.07. The molecule has 1 aromatic carbocycles. The molecule has 0 saturated carbocycles. The standard InChI is InChI=1S/C12H6Cl2N4OS2/c13-6-1-2-9(8(14)3-6)18-5-7(16-17-18)4-10-11(19)15-12(20)21-10/h1-5H,(H,15,19,20)/b10-4-. The zero-order valence-corrected chi connectivity index (χ0v) is 13.4. The lowest BCUT2D eigenvalue weighted by molar-refractivity contribution is -0.115. The maximum absolute atomic E-state index is 11.6. The molecule has 1 aromatic heterocycles. The van der Waals surface area contributed by atoms with Crippen LogP contribution in [-0.2, 0) is 4.79 Å². The van der Waals surface area contributed by atoms with Crippen LogP contribution in [0, 0.1) is 0 Å². The van der Waals surface area contributed by atoms with Gasteiger partial charge in [-0.15, -0.1) is 5.10 Å². The normalized spacial score (nSPS) is 16.6. The molecule has 3 rings (SSSR count). The number of thioether (sulfide) groups is 1. The topological polar surface area (TPSA) is 59.8 Å². The Kier molecular flexibility index (Phi) is 3.99. The van der Waals surface area contributed by atoms with E-state index in [1.54, 1.807) is 30.5 Å². The van der Waals surface area contributed by atoms with E-state index in [4.69, 9.17) is 35.4 Å². The smallest absolute Gasteiger partial charge is 0.263 e. The summed E-state index contributed by atoms with van der Waals surface area (Å²) in [6.07, 6.45) is 3.28. The van der Waals surface area contributed by atoms with E-state index >= 15 is 0 Å². The average molecular weight is 357 g/mol. The Balaban J connectivity index is 1.92. The summed E-state index contributed by atoms with van der Waals surface area (Å²) in [4.78, 5) is 12.1. The zero-order chi connectivity index (χ0) is 15.0. The number of benzene rings is 1. The molecule has 1 N–H and O–H groups in total. The number of hydrogen-bond acceptors (Lipinski definition) is 5. The second kappa shape index (κ2) is 5.76. The molecule has 0 unspecified atom stereocenters. The molecule has 5 nitrogen and oxygen atoms in total. The second-order valence-corrected chi connectivity index (χ2v) is 6.60. The number of hydrogen-bond donors (Lipinski definition) is 1. The van der Waals surface area contributed by atoms with Gasteiger partial charge in [0, 0.05) is 5.02 Å². The highest BCUT2D eigenvalue weighted by atomic mass is 35.5. The molecule has 0 atom stereocenters. The summed E-state index contributed by atoms with van der Waals surface area (Å²) in [5, 5.41) is 11.5. The van der Waals surface area contributed by atoms with Crippen LogP contribution in [0.5, 0.6) is 0 Å². The Bertz CT molecular complexity index is 787. The highest BCUT2D eigenvalue weighted by Crippen LogP contribution is 2.26. The summed E-state index contributed by atoms with van der Waals surface area (Å²) < 4.78 is 1.94. The lowest BCUT2D eigenvalue weighted by Crippen LogP contribution is -2.17. The molecule has 2 heterocycles. The molecular weight excluding hydrogens is 351 g/mol. The van der Waals surface area contributed by atoms with Crippen molar-refractivity contribution in [2.45, 2.75) is 0 Å². The van der Waals surface area contributed by atoms with E-state index in [1.165, 1.54) is 16.4 Å². The number of aromatic nitrogens is 3. The van der Waals surface area contributed by atoms with Crippen molar-refractivity contribution in [2.75, 3.05) is 0 Å². The zero-order valence-electron chi connectivity index (χ0n) is 10.2. The molecule has 1 fully saturated rings. The minimum Gasteiger partial charge on any atom is -0.307 e. The summed E-state index contributed by atoms with van der Waals surface area (Å²) >= 11 is 18.1. The van der Waals surface area contributed by atoms with Crippen LogP contribution in [0.1, 0.15) is 5.69 Å². The van der Waals surface area contributed by atoms with Gasteiger partial charge in [-0.2, -0.15) is 0 Å². The number of rotatable bonds is 2. The number of halogens is 2. The monoisotopic (exact) mass is 356 g/mol. The Morgan fingerprint density at radius 2 is 2.19 bits per heavy atom. The fourth-order valence-electron chi connectivity index (χ4n) is 1.68. The molecule has 0 bridgehead atoms. The first-order chi connectivity index (χ1) is 10.0. The van der Waals surface area contributed by atoms with Gasteiger partial charge in [-0.3, -0.25) is 4.79 Å². The minimum absolute atomic E-state index is 0.232. The third-order valence-corrected chi connectivity index (χ3v) is 4.29. The first-order valence-corrected chi connectivity index (χ1v) is 7.63. The van der Waals surface area contributed by atoms with Crippen molar-refractivity contribution < 1.29 is 4.79 Å². The molecule has 1 saturated heterocycles.